The number of amides is 1. The van der Waals surface area contributed by atoms with Crippen LogP contribution in [0.5, 0.6) is 0 Å². The first kappa shape index (κ1) is 18.0. The van der Waals surface area contributed by atoms with Crippen molar-refractivity contribution in [3.63, 3.8) is 0 Å². The van der Waals surface area contributed by atoms with E-state index in [2.05, 4.69) is 0 Å². The van der Waals surface area contributed by atoms with Crippen LogP contribution in [0.1, 0.15) is 36.8 Å². The molecule has 1 atom stereocenters. The molecule has 4 nitrogen and oxygen atoms in total. The maximum Gasteiger partial charge on any atom is 0.303 e. The fraction of sp³-hybridized carbons (Fsp3) is 0.300. The first-order chi connectivity index (χ1) is 12.5. The molecule has 1 unspecified atom stereocenters. The van der Waals surface area contributed by atoms with Crippen LogP contribution in [-0.2, 0) is 14.3 Å². The number of esters is 1. The lowest BCUT2D eigenvalue weighted by atomic mass is 9.87. The molecule has 136 valence electrons. The van der Waals surface area contributed by atoms with Crippen LogP contribution in [0.4, 0.5) is 14.5 Å². The van der Waals surface area contributed by atoms with Gasteiger partial charge in [-0.1, -0.05) is 18.2 Å². The van der Waals surface area contributed by atoms with E-state index >= 15 is 0 Å². The highest BCUT2D eigenvalue weighted by molar-refractivity contribution is 5.96. The van der Waals surface area contributed by atoms with E-state index in [1.54, 1.807) is 18.2 Å². The maximum atomic E-state index is 13.9. The number of hydrogen-bond acceptors (Lipinski definition) is 3. The molecule has 0 aliphatic carbocycles. The Hall–Kier alpha value is -2.76. The summed E-state index contributed by atoms with van der Waals surface area (Å²) in [5.74, 6) is -1.78. The van der Waals surface area contributed by atoms with Crippen molar-refractivity contribution in [1.82, 2.24) is 0 Å². The van der Waals surface area contributed by atoms with Gasteiger partial charge in [0.15, 0.2) is 6.61 Å². The quantitative estimate of drug-likeness (QED) is 0.784. The average Bonchev–Trinajstić information content (AvgIpc) is 2.79. The van der Waals surface area contributed by atoms with E-state index in [-0.39, 0.29) is 18.3 Å². The molecule has 1 aliphatic heterocycles. The lowest BCUT2D eigenvalue weighted by molar-refractivity contribution is -0.145. The van der Waals surface area contributed by atoms with Gasteiger partial charge in [0.1, 0.15) is 11.6 Å². The third-order valence-electron chi connectivity index (χ3n) is 4.51. The average molecular weight is 359 g/mol. The molecule has 0 saturated heterocycles. The van der Waals surface area contributed by atoms with Crippen molar-refractivity contribution in [3.8, 4) is 0 Å². The van der Waals surface area contributed by atoms with Gasteiger partial charge in [-0.15, -0.1) is 0 Å². The molecule has 0 aromatic heterocycles. The highest BCUT2D eigenvalue weighted by Crippen LogP contribution is 2.39. The van der Waals surface area contributed by atoms with Gasteiger partial charge in [-0.2, -0.15) is 0 Å². The van der Waals surface area contributed by atoms with Crippen LogP contribution in [0.2, 0.25) is 0 Å². The Morgan fingerprint density at radius 2 is 1.81 bits per heavy atom. The van der Waals surface area contributed by atoms with Gasteiger partial charge in [0, 0.05) is 19.4 Å². The standard InChI is InChI=1S/C20H19F2NO3/c1-13(24)26-12-20(25)23-10-2-3-17(14-4-6-15(21)7-5-14)18-9-8-16(22)11-19(18)23/h4-9,11,17H,2-3,10,12H2,1H3. The van der Waals surface area contributed by atoms with Crippen molar-refractivity contribution in [2.24, 2.45) is 0 Å². The van der Waals surface area contributed by atoms with Gasteiger partial charge in [-0.25, -0.2) is 8.78 Å². The van der Waals surface area contributed by atoms with Crippen LogP contribution in [0.3, 0.4) is 0 Å². The SMILES string of the molecule is CC(=O)OCC(=O)N1CCCC(c2ccc(F)cc2)c2ccc(F)cc21. The second-order valence-corrected chi connectivity index (χ2v) is 6.28. The third-order valence-corrected chi connectivity index (χ3v) is 4.51. The Labute approximate surface area is 150 Å². The molecule has 0 fully saturated rings. The van der Waals surface area contributed by atoms with E-state index in [0.717, 1.165) is 17.5 Å². The van der Waals surface area contributed by atoms with E-state index in [1.807, 2.05) is 0 Å². The highest BCUT2D eigenvalue weighted by atomic mass is 19.1. The number of rotatable bonds is 3. The first-order valence-electron chi connectivity index (χ1n) is 8.44. The predicted octanol–water partition coefficient (Wildman–Crippen LogP) is 3.79. The Morgan fingerprint density at radius 1 is 1.12 bits per heavy atom. The number of ether oxygens (including phenoxy) is 1. The number of anilines is 1. The van der Waals surface area contributed by atoms with E-state index in [0.29, 0.717) is 18.7 Å². The van der Waals surface area contributed by atoms with Gasteiger partial charge in [0.05, 0.1) is 5.69 Å². The number of halogens is 2. The van der Waals surface area contributed by atoms with E-state index < -0.39 is 17.7 Å². The number of carbonyl (C=O) groups is 2. The minimum absolute atomic E-state index is 0.0716. The van der Waals surface area contributed by atoms with Gasteiger partial charge >= 0.3 is 5.97 Å². The topological polar surface area (TPSA) is 46.6 Å². The number of nitrogens with zero attached hydrogens (tertiary/aromatic N) is 1. The van der Waals surface area contributed by atoms with Crippen molar-refractivity contribution in [2.45, 2.75) is 25.7 Å². The molecule has 0 bridgehead atoms. The summed E-state index contributed by atoms with van der Waals surface area (Å²) < 4.78 is 31.9. The Bertz CT molecular complexity index is 820. The zero-order valence-electron chi connectivity index (χ0n) is 14.4. The molecule has 6 heteroatoms. The van der Waals surface area contributed by atoms with E-state index in [9.17, 15) is 18.4 Å². The van der Waals surface area contributed by atoms with Gasteiger partial charge in [-0.05, 0) is 48.2 Å². The fourth-order valence-electron chi connectivity index (χ4n) is 3.32. The maximum absolute atomic E-state index is 13.9. The van der Waals surface area contributed by atoms with Gasteiger partial charge in [0.25, 0.3) is 5.91 Å². The van der Waals surface area contributed by atoms with Crippen LogP contribution in [0.15, 0.2) is 42.5 Å². The molecule has 1 aliphatic rings. The first-order valence-corrected chi connectivity index (χ1v) is 8.44. The van der Waals surface area contributed by atoms with Crippen LogP contribution in [0, 0.1) is 11.6 Å². The second-order valence-electron chi connectivity index (χ2n) is 6.28. The van der Waals surface area contributed by atoms with Crippen molar-refractivity contribution in [1.29, 1.82) is 0 Å². The molecule has 2 aromatic rings. The van der Waals surface area contributed by atoms with E-state index in [4.69, 9.17) is 4.74 Å². The van der Waals surface area contributed by atoms with Crippen molar-refractivity contribution < 1.29 is 23.1 Å². The highest BCUT2D eigenvalue weighted by Gasteiger charge is 2.28. The van der Waals surface area contributed by atoms with Crippen LogP contribution >= 0.6 is 0 Å². The minimum atomic E-state index is -0.545. The molecular weight excluding hydrogens is 340 g/mol. The molecule has 2 aromatic carbocycles. The van der Waals surface area contributed by atoms with Crippen molar-refractivity contribution in [2.75, 3.05) is 18.1 Å². The fourth-order valence-corrected chi connectivity index (χ4v) is 3.32. The van der Waals surface area contributed by atoms with Crippen LogP contribution in [0.25, 0.3) is 0 Å². The number of hydrogen-bond donors (Lipinski definition) is 0. The third kappa shape index (κ3) is 3.90. The molecule has 0 spiro atoms. The summed E-state index contributed by atoms with van der Waals surface area (Å²) in [6.45, 7) is 1.24. The van der Waals surface area contributed by atoms with E-state index in [1.165, 1.54) is 36.1 Å². The Kier molecular flexibility index (Phi) is 5.30. The Balaban J connectivity index is 1.98. The number of benzene rings is 2. The molecule has 3 rings (SSSR count). The normalized spacial score (nSPS) is 16.6. The zero-order valence-corrected chi connectivity index (χ0v) is 14.4. The molecule has 1 amide bonds. The summed E-state index contributed by atoms with van der Waals surface area (Å²) in [6.07, 6.45) is 1.42. The van der Waals surface area contributed by atoms with Gasteiger partial charge in [0.2, 0.25) is 0 Å². The van der Waals surface area contributed by atoms with Crippen LogP contribution in [-0.4, -0.2) is 25.0 Å². The summed E-state index contributed by atoms with van der Waals surface area (Å²) in [4.78, 5) is 24.9. The van der Waals surface area contributed by atoms with Gasteiger partial charge < -0.3 is 9.64 Å². The predicted molar refractivity (Wildman–Crippen MR) is 92.9 cm³/mol. The molecule has 0 N–H and O–H groups in total. The second kappa shape index (κ2) is 7.64. The lowest BCUT2D eigenvalue weighted by Gasteiger charge is -2.24. The van der Waals surface area contributed by atoms with Gasteiger partial charge in [-0.3, -0.25) is 9.59 Å². The smallest absolute Gasteiger partial charge is 0.303 e. The summed E-state index contributed by atoms with van der Waals surface area (Å²) >= 11 is 0. The summed E-state index contributed by atoms with van der Waals surface area (Å²) in [5, 5.41) is 0. The molecule has 0 radical (unpaired) electrons. The summed E-state index contributed by atoms with van der Waals surface area (Å²) in [5.41, 5.74) is 2.18. The molecular formula is C20H19F2NO3. The Morgan fingerprint density at radius 3 is 2.50 bits per heavy atom. The molecule has 1 heterocycles. The van der Waals surface area contributed by atoms with Crippen molar-refractivity contribution >= 4 is 17.6 Å². The zero-order chi connectivity index (χ0) is 18.7. The lowest BCUT2D eigenvalue weighted by Crippen LogP contribution is -2.35. The molecule has 0 saturated carbocycles. The number of fused-ring (bicyclic) bond motifs is 1. The molecule has 26 heavy (non-hydrogen) atoms. The minimum Gasteiger partial charge on any atom is -0.456 e. The summed E-state index contributed by atoms with van der Waals surface area (Å²) in [6, 6.07) is 10.6. The largest absolute Gasteiger partial charge is 0.456 e. The summed E-state index contributed by atoms with van der Waals surface area (Å²) in [7, 11) is 0. The van der Waals surface area contributed by atoms with Crippen LogP contribution < -0.4 is 4.90 Å². The monoisotopic (exact) mass is 359 g/mol. The van der Waals surface area contributed by atoms with Crippen molar-refractivity contribution in [3.05, 3.63) is 65.2 Å². The number of carbonyl (C=O) groups excluding carboxylic acids is 2.